The maximum atomic E-state index is 16.2. The average molecular weight is 637 g/mol. The third kappa shape index (κ3) is 6.35. The Balaban J connectivity index is 1.77. The smallest absolute Gasteiger partial charge is 0.232 e. The van der Waals surface area contributed by atoms with Gasteiger partial charge >= 0.3 is 0 Å². The number of halogens is 1. The highest BCUT2D eigenvalue weighted by Gasteiger charge is 2.47. The van der Waals surface area contributed by atoms with Crippen LogP contribution in [0.1, 0.15) is 44.4 Å². The van der Waals surface area contributed by atoms with Crippen molar-refractivity contribution in [3.8, 4) is 23.0 Å². The number of hydrogen-bond acceptors (Lipinski definition) is 8. The van der Waals surface area contributed by atoms with Gasteiger partial charge in [0, 0.05) is 22.9 Å². The molecule has 2 heterocycles. The lowest BCUT2D eigenvalue weighted by Gasteiger charge is -2.37. The van der Waals surface area contributed by atoms with E-state index in [0.717, 1.165) is 5.57 Å². The molecule has 5 rings (SSSR count). The Morgan fingerprint density at radius 2 is 1.84 bits per heavy atom. The molecule has 2 aliphatic rings. The van der Waals surface area contributed by atoms with Gasteiger partial charge < -0.3 is 24.6 Å². The Kier molecular flexibility index (Phi) is 8.59. The molecule has 9 nitrogen and oxygen atoms in total. The van der Waals surface area contributed by atoms with Crippen LogP contribution in [-0.2, 0) is 21.1 Å². The Morgan fingerprint density at radius 1 is 1.11 bits per heavy atom. The van der Waals surface area contributed by atoms with E-state index >= 15 is 4.39 Å². The van der Waals surface area contributed by atoms with Crippen molar-refractivity contribution in [3.05, 3.63) is 94.3 Å². The van der Waals surface area contributed by atoms with Crippen LogP contribution in [-0.4, -0.2) is 46.0 Å². The fraction of sp³-hybridized carbons (Fsp3) is 0.324. The highest BCUT2D eigenvalue weighted by Crippen LogP contribution is 2.52. The lowest BCUT2D eigenvalue weighted by atomic mass is 9.88. The number of nitrogens with zero attached hydrogens (tertiary/aromatic N) is 1. The normalized spacial score (nSPS) is 18.2. The molecule has 0 radical (unpaired) electrons. The number of methoxy groups -OCH3 is 2. The van der Waals surface area contributed by atoms with Gasteiger partial charge in [0.25, 0.3) is 0 Å². The first kappa shape index (κ1) is 31.9. The molecule has 1 amide bonds. The van der Waals surface area contributed by atoms with Crippen LogP contribution in [0.25, 0.3) is 0 Å². The SMILES string of the molecule is C=C(C)COc1ccc(C2C3=C(CC(C)(C)CS3(=O)=O)Nc3c(O)cccc3N2C(=O)Cc2cc(OC)ccc2OC)c(F)c1. The van der Waals surface area contributed by atoms with Crippen LogP contribution in [0.5, 0.6) is 23.0 Å². The summed E-state index contributed by atoms with van der Waals surface area (Å²) < 4.78 is 61.1. The molecule has 3 aromatic rings. The summed E-state index contributed by atoms with van der Waals surface area (Å²) in [5, 5.41) is 14.2. The number of benzene rings is 3. The number of carbonyl (C=O) groups is 1. The van der Waals surface area contributed by atoms with E-state index in [9.17, 15) is 18.3 Å². The van der Waals surface area contributed by atoms with Gasteiger partial charge in [-0.2, -0.15) is 0 Å². The van der Waals surface area contributed by atoms with Crippen molar-refractivity contribution in [2.75, 3.05) is 36.8 Å². The third-order valence-electron chi connectivity index (χ3n) is 7.78. The number of ether oxygens (including phenoxy) is 3. The summed E-state index contributed by atoms with van der Waals surface area (Å²) in [5.74, 6) is -0.591. The first-order valence-corrected chi connectivity index (χ1v) is 16.0. The lowest BCUT2D eigenvalue weighted by Crippen LogP contribution is -2.42. The largest absolute Gasteiger partial charge is 0.506 e. The Bertz CT molecular complexity index is 1820. The van der Waals surface area contributed by atoms with Gasteiger partial charge in [-0.25, -0.2) is 12.8 Å². The van der Waals surface area contributed by atoms with E-state index in [0.29, 0.717) is 17.1 Å². The number of amides is 1. The molecule has 0 aromatic heterocycles. The molecule has 0 bridgehead atoms. The summed E-state index contributed by atoms with van der Waals surface area (Å²) in [6.07, 6.45) is 0.0283. The predicted molar refractivity (Wildman–Crippen MR) is 171 cm³/mol. The van der Waals surface area contributed by atoms with Crippen LogP contribution in [0.4, 0.5) is 15.8 Å². The van der Waals surface area contributed by atoms with E-state index in [1.165, 1.54) is 43.4 Å². The summed E-state index contributed by atoms with van der Waals surface area (Å²) in [5.41, 5.74) is 1.12. The maximum Gasteiger partial charge on any atom is 0.232 e. The molecule has 0 saturated carbocycles. The first-order chi connectivity index (χ1) is 21.2. The van der Waals surface area contributed by atoms with Crippen LogP contribution in [0.2, 0.25) is 0 Å². The van der Waals surface area contributed by atoms with Gasteiger partial charge in [-0.15, -0.1) is 0 Å². The van der Waals surface area contributed by atoms with Gasteiger partial charge in [0.05, 0.1) is 37.0 Å². The van der Waals surface area contributed by atoms with E-state index < -0.39 is 33.0 Å². The Hall–Kier alpha value is -4.51. The number of sulfone groups is 1. The first-order valence-electron chi connectivity index (χ1n) is 14.4. The average Bonchev–Trinajstić information content (AvgIpc) is 3.10. The summed E-state index contributed by atoms with van der Waals surface area (Å²) in [7, 11) is -1.09. The van der Waals surface area contributed by atoms with E-state index in [-0.39, 0.29) is 64.2 Å². The molecule has 0 saturated heterocycles. The minimum atomic E-state index is -4.07. The number of phenolic OH excluding ortho intramolecular Hbond substituents is 1. The highest BCUT2D eigenvalue weighted by atomic mass is 32.2. The quantitative estimate of drug-likeness (QED) is 0.219. The molecule has 2 N–H and O–H groups in total. The second-order valence-electron chi connectivity index (χ2n) is 12.2. The third-order valence-corrected chi connectivity index (χ3v) is 10.1. The summed E-state index contributed by atoms with van der Waals surface area (Å²) in [6, 6.07) is 12.3. The fourth-order valence-electron chi connectivity index (χ4n) is 5.95. The molecule has 3 aromatic carbocycles. The summed E-state index contributed by atoms with van der Waals surface area (Å²) >= 11 is 0. The molecular formula is C34H37FN2O7S. The zero-order valence-corrected chi connectivity index (χ0v) is 26.8. The molecule has 0 spiro atoms. The van der Waals surface area contributed by atoms with Crippen LogP contribution in [0, 0.1) is 11.2 Å². The molecule has 45 heavy (non-hydrogen) atoms. The van der Waals surface area contributed by atoms with Crippen LogP contribution >= 0.6 is 0 Å². The number of rotatable bonds is 8. The van der Waals surface area contributed by atoms with Crippen molar-refractivity contribution in [1.82, 2.24) is 0 Å². The molecule has 0 aliphatic carbocycles. The minimum Gasteiger partial charge on any atom is -0.506 e. The van der Waals surface area contributed by atoms with Crippen molar-refractivity contribution >= 4 is 27.1 Å². The molecule has 1 unspecified atom stereocenters. The fourth-order valence-corrected chi connectivity index (χ4v) is 8.31. The number of carbonyl (C=O) groups excluding carboxylic acids is 1. The van der Waals surface area contributed by atoms with E-state index in [4.69, 9.17) is 14.2 Å². The van der Waals surface area contributed by atoms with Gasteiger partial charge in [-0.05, 0) is 66.8 Å². The van der Waals surface area contributed by atoms with Gasteiger partial charge in [0.1, 0.15) is 47.2 Å². The number of fused-ring (bicyclic) bond motifs is 1. The topological polar surface area (TPSA) is 114 Å². The van der Waals surface area contributed by atoms with E-state index in [2.05, 4.69) is 11.9 Å². The van der Waals surface area contributed by atoms with Crippen LogP contribution in [0.15, 0.2) is 77.4 Å². The van der Waals surface area contributed by atoms with Gasteiger partial charge in [-0.1, -0.05) is 26.5 Å². The Morgan fingerprint density at radius 3 is 2.51 bits per heavy atom. The molecule has 11 heteroatoms. The van der Waals surface area contributed by atoms with Crippen LogP contribution in [0.3, 0.4) is 0 Å². The molecular weight excluding hydrogens is 599 g/mol. The summed E-state index contributed by atoms with van der Waals surface area (Å²) in [4.78, 5) is 15.7. The zero-order valence-electron chi connectivity index (χ0n) is 25.9. The maximum absolute atomic E-state index is 16.2. The summed E-state index contributed by atoms with van der Waals surface area (Å²) in [6.45, 7) is 9.41. The standard InChI is InChI=1S/C34H37FN2O7S/c1-20(2)18-44-23-10-12-24(25(35)16-23)32-33-26(17-34(3,4)19-45(33,40)41)36-31-27(8-7-9-28(31)38)37(32)30(39)15-21-14-22(42-5)11-13-29(21)43-6/h7-14,16,32,36,38H,1,15,17-19H2,2-6H3. The number of nitrogens with one attached hydrogen (secondary N) is 1. The second kappa shape index (κ2) is 12.1. The number of phenols is 1. The van der Waals surface area contributed by atoms with Crippen molar-refractivity contribution < 1.29 is 36.9 Å². The van der Waals surface area contributed by atoms with Crippen molar-refractivity contribution in [2.45, 2.75) is 39.7 Å². The number of anilines is 2. The van der Waals surface area contributed by atoms with Gasteiger partial charge in [-0.3, -0.25) is 9.69 Å². The number of para-hydroxylation sites is 1. The van der Waals surface area contributed by atoms with E-state index in [1.54, 1.807) is 37.3 Å². The molecule has 0 fully saturated rings. The van der Waals surface area contributed by atoms with E-state index in [1.807, 2.05) is 13.8 Å². The van der Waals surface area contributed by atoms with Crippen molar-refractivity contribution in [3.63, 3.8) is 0 Å². The van der Waals surface area contributed by atoms with Crippen molar-refractivity contribution in [1.29, 1.82) is 0 Å². The van der Waals surface area contributed by atoms with Crippen LogP contribution < -0.4 is 24.4 Å². The van der Waals surface area contributed by atoms with Crippen molar-refractivity contribution in [2.24, 2.45) is 5.41 Å². The number of hydrogen-bond donors (Lipinski definition) is 2. The number of aromatic hydroxyl groups is 1. The van der Waals surface area contributed by atoms with Gasteiger partial charge in [0.15, 0.2) is 9.84 Å². The predicted octanol–water partition coefficient (Wildman–Crippen LogP) is 6.30. The molecule has 1 atom stereocenters. The monoisotopic (exact) mass is 636 g/mol. The molecule has 238 valence electrons. The second-order valence-corrected chi connectivity index (χ2v) is 14.1. The lowest BCUT2D eigenvalue weighted by molar-refractivity contribution is -0.118. The minimum absolute atomic E-state index is 0.0441. The zero-order chi connectivity index (χ0) is 32.7. The Labute approximate surface area is 262 Å². The molecule has 2 aliphatic heterocycles. The van der Waals surface area contributed by atoms with Gasteiger partial charge in [0.2, 0.25) is 5.91 Å². The highest BCUT2D eigenvalue weighted by molar-refractivity contribution is 7.95. The number of allylic oxidation sites excluding steroid dienone is 1.